The molecule has 3 rings (SSSR count). The highest BCUT2D eigenvalue weighted by molar-refractivity contribution is 5.94. The van der Waals surface area contributed by atoms with E-state index in [0.29, 0.717) is 5.69 Å². The molecule has 0 aliphatic heterocycles. The smallest absolute Gasteiger partial charge is 0.125 e. The molecule has 0 radical (unpaired) electrons. The molecule has 1 aromatic heterocycles. The lowest BCUT2D eigenvalue weighted by Gasteiger charge is -2.22. The minimum atomic E-state index is -0.940. The zero-order valence-corrected chi connectivity index (χ0v) is 10.7. The summed E-state index contributed by atoms with van der Waals surface area (Å²) < 4.78 is 13.8. The molecule has 0 bridgehead atoms. The quantitative estimate of drug-likeness (QED) is 0.787. The molecule has 2 aromatic rings. The first-order chi connectivity index (χ1) is 9.16. The molecule has 0 saturated heterocycles. The number of fused-ring (bicyclic) bond motifs is 1. The van der Waals surface area contributed by atoms with E-state index in [1.165, 1.54) is 0 Å². The van der Waals surface area contributed by atoms with Gasteiger partial charge in [0.05, 0.1) is 5.52 Å². The Bertz CT molecular complexity index is 688. The average Bonchev–Trinajstić information content (AvgIpc) is 2.41. The van der Waals surface area contributed by atoms with Crippen LogP contribution in [0.4, 0.5) is 10.1 Å². The maximum atomic E-state index is 13.8. The van der Waals surface area contributed by atoms with E-state index in [4.69, 9.17) is 5.73 Å². The molecule has 2 unspecified atom stereocenters. The molecule has 3 heteroatoms. The fraction of sp³-hybridized carbons (Fsp3) is 0.188. The molecular weight excluding hydrogens is 239 g/mol. The minimum absolute atomic E-state index is 0.156. The molecule has 2 nitrogen and oxygen atoms in total. The highest BCUT2D eigenvalue weighted by atomic mass is 19.1. The number of benzene rings is 1. The number of hydrogen-bond acceptors (Lipinski definition) is 2. The molecule has 1 heterocycles. The van der Waals surface area contributed by atoms with Crippen LogP contribution in [0.15, 0.2) is 48.7 Å². The van der Waals surface area contributed by atoms with Gasteiger partial charge in [-0.2, -0.15) is 0 Å². The van der Waals surface area contributed by atoms with E-state index in [1.54, 1.807) is 18.3 Å². The molecular formula is C16H15FN2. The number of halogens is 1. The van der Waals surface area contributed by atoms with Crippen LogP contribution in [-0.4, -0.2) is 11.2 Å². The third kappa shape index (κ3) is 2.01. The molecule has 0 fully saturated rings. The molecule has 2 atom stereocenters. The van der Waals surface area contributed by atoms with Gasteiger partial charge in [0.1, 0.15) is 6.17 Å². The standard InChI is InChI=1S/C16H15FN2/c1-10-12(3-2-4-15(10)17)13-7-8-19-16-6-5-11(18)9-14(13)16/h2-10,15H,18H2,1H3. The van der Waals surface area contributed by atoms with E-state index < -0.39 is 6.17 Å². The van der Waals surface area contributed by atoms with E-state index in [-0.39, 0.29) is 5.92 Å². The number of nitrogen functional groups attached to an aromatic ring is 1. The largest absolute Gasteiger partial charge is 0.399 e. The van der Waals surface area contributed by atoms with Crippen LogP contribution in [0.5, 0.6) is 0 Å². The molecule has 2 N–H and O–H groups in total. The average molecular weight is 254 g/mol. The molecule has 0 amide bonds. The zero-order chi connectivity index (χ0) is 13.4. The van der Waals surface area contributed by atoms with Gasteiger partial charge in [0.25, 0.3) is 0 Å². The van der Waals surface area contributed by atoms with Crippen molar-refractivity contribution in [2.75, 3.05) is 5.73 Å². The number of nitrogens with two attached hydrogens (primary N) is 1. The van der Waals surface area contributed by atoms with Crippen molar-refractivity contribution in [1.82, 2.24) is 4.98 Å². The van der Waals surface area contributed by atoms with E-state index in [2.05, 4.69) is 4.98 Å². The minimum Gasteiger partial charge on any atom is -0.399 e. The van der Waals surface area contributed by atoms with Crippen molar-refractivity contribution in [2.24, 2.45) is 5.92 Å². The summed E-state index contributed by atoms with van der Waals surface area (Å²) in [5.74, 6) is -0.156. The lowest BCUT2D eigenvalue weighted by molar-refractivity contribution is 0.341. The van der Waals surface area contributed by atoms with Crippen LogP contribution in [0, 0.1) is 5.92 Å². The number of hydrogen-bond donors (Lipinski definition) is 1. The second-order valence-electron chi connectivity index (χ2n) is 4.88. The molecule has 96 valence electrons. The number of anilines is 1. The van der Waals surface area contributed by atoms with Crippen LogP contribution in [0.25, 0.3) is 16.5 Å². The third-order valence-electron chi connectivity index (χ3n) is 3.62. The molecule has 1 aliphatic carbocycles. The van der Waals surface area contributed by atoms with Gasteiger partial charge in [0.15, 0.2) is 0 Å². The lowest BCUT2D eigenvalue weighted by atomic mass is 9.85. The van der Waals surface area contributed by atoms with E-state index in [9.17, 15) is 4.39 Å². The lowest BCUT2D eigenvalue weighted by Crippen LogP contribution is -2.14. The van der Waals surface area contributed by atoms with Crippen LogP contribution in [0.3, 0.4) is 0 Å². The van der Waals surface area contributed by atoms with Gasteiger partial charge < -0.3 is 5.73 Å². The predicted molar refractivity (Wildman–Crippen MR) is 77.3 cm³/mol. The van der Waals surface area contributed by atoms with Gasteiger partial charge >= 0.3 is 0 Å². The second-order valence-corrected chi connectivity index (χ2v) is 4.88. The second kappa shape index (κ2) is 4.50. The Morgan fingerprint density at radius 2 is 2.11 bits per heavy atom. The third-order valence-corrected chi connectivity index (χ3v) is 3.62. The van der Waals surface area contributed by atoms with Crippen LogP contribution < -0.4 is 5.73 Å². The molecule has 0 spiro atoms. The number of allylic oxidation sites excluding steroid dienone is 4. The maximum Gasteiger partial charge on any atom is 0.125 e. The SMILES string of the molecule is CC1C(c2ccnc3ccc(N)cc23)=CC=CC1F. The Hall–Kier alpha value is -2.16. The maximum absolute atomic E-state index is 13.8. The Balaban J connectivity index is 2.23. The predicted octanol–water partition coefficient (Wildman–Crippen LogP) is 3.74. The summed E-state index contributed by atoms with van der Waals surface area (Å²) in [5, 5.41) is 0.975. The van der Waals surface area contributed by atoms with Gasteiger partial charge in [-0.1, -0.05) is 25.2 Å². The molecule has 1 aromatic carbocycles. The zero-order valence-electron chi connectivity index (χ0n) is 10.7. The highest BCUT2D eigenvalue weighted by Gasteiger charge is 2.22. The first-order valence-corrected chi connectivity index (χ1v) is 6.34. The Kier molecular flexibility index (Phi) is 2.82. The van der Waals surface area contributed by atoms with Crippen molar-refractivity contribution in [3.63, 3.8) is 0 Å². The van der Waals surface area contributed by atoms with Crippen molar-refractivity contribution in [1.29, 1.82) is 0 Å². The van der Waals surface area contributed by atoms with Gasteiger partial charge in [-0.05, 0) is 35.4 Å². The Morgan fingerprint density at radius 1 is 1.26 bits per heavy atom. The monoisotopic (exact) mass is 254 g/mol. The van der Waals surface area contributed by atoms with Gasteiger partial charge in [0, 0.05) is 23.2 Å². The molecule has 1 aliphatic rings. The summed E-state index contributed by atoms with van der Waals surface area (Å²) in [6, 6.07) is 7.55. The van der Waals surface area contributed by atoms with Crippen LogP contribution in [-0.2, 0) is 0 Å². The van der Waals surface area contributed by atoms with Crippen LogP contribution >= 0.6 is 0 Å². The number of rotatable bonds is 1. The van der Waals surface area contributed by atoms with Crippen LogP contribution in [0.1, 0.15) is 12.5 Å². The van der Waals surface area contributed by atoms with Gasteiger partial charge in [-0.15, -0.1) is 0 Å². The fourth-order valence-electron chi connectivity index (χ4n) is 2.51. The summed E-state index contributed by atoms with van der Waals surface area (Å²) >= 11 is 0. The number of pyridine rings is 1. The van der Waals surface area contributed by atoms with Crippen molar-refractivity contribution >= 4 is 22.2 Å². The van der Waals surface area contributed by atoms with E-state index >= 15 is 0 Å². The fourth-order valence-corrected chi connectivity index (χ4v) is 2.51. The van der Waals surface area contributed by atoms with Crippen molar-refractivity contribution < 1.29 is 4.39 Å². The Labute approximate surface area is 111 Å². The van der Waals surface area contributed by atoms with Crippen molar-refractivity contribution in [3.8, 4) is 0 Å². The van der Waals surface area contributed by atoms with E-state index in [0.717, 1.165) is 22.0 Å². The van der Waals surface area contributed by atoms with E-state index in [1.807, 2.05) is 37.3 Å². The van der Waals surface area contributed by atoms with Gasteiger partial charge in [-0.3, -0.25) is 4.98 Å². The first kappa shape index (κ1) is 11.9. The highest BCUT2D eigenvalue weighted by Crippen LogP contribution is 2.34. The van der Waals surface area contributed by atoms with Crippen LogP contribution in [0.2, 0.25) is 0 Å². The summed E-state index contributed by atoms with van der Waals surface area (Å²) in [7, 11) is 0. The number of alkyl halides is 1. The number of nitrogens with zero attached hydrogens (tertiary/aromatic N) is 1. The van der Waals surface area contributed by atoms with Crippen molar-refractivity contribution in [3.05, 3.63) is 54.3 Å². The summed E-state index contributed by atoms with van der Waals surface area (Å²) in [5.41, 5.74) is 9.43. The summed E-state index contributed by atoms with van der Waals surface area (Å²) in [6.45, 7) is 1.90. The van der Waals surface area contributed by atoms with Gasteiger partial charge in [0.2, 0.25) is 0 Å². The Morgan fingerprint density at radius 3 is 2.95 bits per heavy atom. The molecule has 19 heavy (non-hydrogen) atoms. The molecule has 0 saturated carbocycles. The topological polar surface area (TPSA) is 38.9 Å². The van der Waals surface area contributed by atoms with Crippen molar-refractivity contribution in [2.45, 2.75) is 13.1 Å². The normalized spacial score (nSPS) is 22.5. The first-order valence-electron chi connectivity index (χ1n) is 6.34. The number of aromatic nitrogens is 1. The van der Waals surface area contributed by atoms with Gasteiger partial charge in [-0.25, -0.2) is 4.39 Å². The summed E-state index contributed by atoms with van der Waals surface area (Å²) in [6.07, 6.45) is 6.15. The summed E-state index contributed by atoms with van der Waals surface area (Å²) in [4.78, 5) is 4.33.